The zero-order valence-corrected chi connectivity index (χ0v) is 13.1. The quantitative estimate of drug-likeness (QED) is 0.783. The Hall–Kier alpha value is -2.58. The number of ketones is 1. The van der Waals surface area contributed by atoms with Crippen LogP contribution in [0.5, 0.6) is 0 Å². The van der Waals surface area contributed by atoms with Crippen molar-refractivity contribution in [3.63, 3.8) is 0 Å². The number of allylic oxidation sites excluding steroid dienone is 2. The number of carbonyl (C=O) groups excluding carboxylic acids is 1. The maximum atomic E-state index is 13.2. The molecular weight excluding hydrogens is 299 g/mol. The number of terminal acetylenes is 1. The molecule has 0 heterocycles. The normalized spacial score (nSPS) is 17.6. The molecule has 0 amide bonds. The highest BCUT2D eigenvalue weighted by molar-refractivity contribution is 6.01. The molecule has 0 aromatic heterocycles. The first-order valence-corrected chi connectivity index (χ1v) is 6.86. The first kappa shape index (κ1) is 16.8. The standard InChI is InChI=1S/C18H17FO4/c1-5-15(12-6-8-13(19)9-7-12)18(23-4)16(21-2)10-14(20)11-17(18)22-3/h1,6-11,15H,2-4H3/t15-/m0/s1. The Bertz CT molecular complexity index is 671. The molecule has 0 saturated heterocycles. The topological polar surface area (TPSA) is 44.8 Å². The molecule has 0 fully saturated rings. The van der Waals surface area contributed by atoms with Crippen LogP contribution in [-0.4, -0.2) is 32.7 Å². The van der Waals surface area contributed by atoms with Crippen LogP contribution in [-0.2, 0) is 19.0 Å². The summed E-state index contributed by atoms with van der Waals surface area (Å²) in [6.07, 6.45) is 8.34. The Labute approximate surface area is 134 Å². The Morgan fingerprint density at radius 1 is 1.09 bits per heavy atom. The van der Waals surface area contributed by atoms with Gasteiger partial charge in [0.05, 0.1) is 20.1 Å². The second-order valence-corrected chi connectivity index (χ2v) is 4.92. The molecule has 2 rings (SSSR count). The number of carbonyl (C=O) groups is 1. The molecule has 0 N–H and O–H groups in total. The van der Waals surface area contributed by atoms with Gasteiger partial charge in [0.25, 0.3) is 0 Å². The lowest BCUT2D eigenvalue weighted by Crippen LogP contribution is -2.45. The predicted molar refractivity (Wildman–Crippen MR) is 82.9 cm³/mol. The van der Waals surface area contributed by atoms with E-state index in [0.717, 1.165) is 0 Å². The molecule has 0 saturated carbocycles. The molecule has 4 nitrogen and oxygen atoms in total. The van der Waals surface area contributed by atoms with Crippen LogP contribution in [0.2, 0.25) is 0 Å². The van der Waals surface area contributed by atoms with Crippen LogP contribution in [0.3, 0.4) is 0 Å². The van der Waals surface area contributed by atoms with E-state index in [4.69, 9.17) is 20.6 Å². The monoisotopic (exact) mass is 316 g/mol. The van der Waals surface area contributed by atoms with Gasteiger partial charge in [-0.3, -0.25) is 4.79 Å². The summed E-state index contributed by atoms with van der Waals surface area (Å²) in [7, 11) is 4.29. The van der Waals surface area contributed by atoms with Gasteiger partial charge in [0.2, 0.25) is 0 Å². The van der Waals surface area contributed by atoms with E-state index in [9.17, 15) is 9.18 Å². The van der Waals surface area contributed by atoms with E-state index in [1.807, 2.05) is 0 Å². The molecule has 0 aliphatic heterocycles. The molecular formula is C18H17FO4. The molecule has 0 radical (unpaired) electrons. The smallest absolute Gasteiger partial charge is 0.199 e. The van der Waals surface area contributed by atoms with Crippen molar-refractivity contribution in [2.75, 3.05) is 21.3 Å². The zero-order valence-electron chi connectivity index (χ0n) is 13.1. The average molecular weight is 316 g/mol. The maximum absolute atomic E-state index is 13.2. The highest BCUT2D eigenvalue weighted by Gasteiger charge is 2.51. The Morgan fingerprint density at radius 2 is 1.61 bits per heavy atom. The molecule has 1 aromatic rings. The van der Waals surface area contributed by atoms with Crippen molar-refractivity contribution in [3.05, 3.63) is 59.3 Å². The molecule has 1 aliphatic carbocycles. The van der Waals surface area contributed by atoms with Crippen LogP contribution in [0.25, 0.3) is 0 Å². The summed E-state index contributed by atoms with van der Waals surface area (Å²) in [5.41, 5.74) is -0.666. The van der Waals surface area contributed by atoms with Gasteiger partial charge in [-0.25, -0.2) is 4.39 Å². The van der Waals surface area contributed by atoms with Crippen LogP contribution in [0.4, 0.5) is 4.39 Å². The van der Waals surface area contributed by atoms with Gasteiger partial charge in [-0.15, -0.1) is 6.42 Å². The largest absolute Gasteiger partial charge is 0.497 e. The number of halogens is 1. The van der Waals surface area contributed by atoms with Crippen molar-refractivity contribution < 1.29 is 23.4 Å². The summed E-state index contributed by atoms with van der Waals surface area (Å²) in [6, 6.07) is 5.75. The summed E-state index contributed by atoms with van der Waals surface area (Å²) in [5.74, 6) is 1.76. The fourth-order valence-corrected chi connectivity index (χ4v) is 2.76. The number of ether oxygens (including phenoxy) is 3. The van der Waals surface area contributed by atoms with Crippen LogP contribution in [0.15, 0.2) is 47.9 Å². The van der Waals surface area contributed by atoms with Gasteiger partial charge >= 0.3 is 0 Å². The van der Waals surface area contributed by atoms with Crippen molar-refractivity contribution in [2.24, 2.45) is 0 Å². The molecule has 0 bridgehead atoms. The Balaban J connectivity index is 2.66. The third-order valence-electron chi connectivity index (χ3n) is 3.82. The van der Waals surface area contributed by atoms with E-state index in [1.54, 1.807) is 12.1 Å². The lowest BCUT2D eigenvalue weighted by molar-refractivity contribution is -0.112. The highest BCUT2D eigenvalue weighted by atomic mass is 19.1. The number of methoxy groups -OCH3 is 3. The highest BCUT2D eigenvalue weighted by Crippen LogP contribution is 2.44. The third kappa shape index (κ3) is 2.73. The van der Waals surface area contributed by atoms with Gasteiger partial charge in [0, 0.05) is 19.3 Å². The summed E-state index contributed by atoms with van der Waals surface area (Å²) in [5, 5.41) is 0. The van der Waals surface area contributed by atoms with Gasteiger partial charge < -0.3 is 14.2 Å². The molecule has 1 aromatic carbocycles. The van der Waals surface area contributed by atoms with Crippen molar-refractivity contribution >= 4 is 5.78 Å². The van der Waals surface area contributed by atoms with Crippen LogP contribution in [0, 0.1) is 18.2 Å². The fourth-order valence-electron chi connectivity index (χ4n) is 2.76. The van der Waals surface area contributed by atoms with Crippen LogP contribution >= 0.6 is 0 Å². The minimum atomic E-state index is -1.30. The summed E-state index contributed by atoms with van der Waals surface area (Å²) >= 11 is 0. The molecule has 120 valence electrons. The van der Waals surface area contributed by atoms with Gasteiger partial charge in [-0.05, 0) is 17.7 Å². The van der Waals surface area contributed by atoms with E-state index >= 15 is 0 Å². The molecule has 1 aliphatic rings. The van der Waals surface area contributed by atoms with E-state index in [-0.39, 0.29) is 23.1 Å². The van der Waals surface area contributed by atoms with Gasteiger partial charge in [-0.1, -0.05) is 18.1 Å². The fraction of sp³-hybridized carbons (Fsp3) is 0.278. The number of rotatable bonds is 5. The first-order valence-electron chi connectivity index (χ1n) is 6.86. The predicted octanol–water partition coefficient (Wildman–Crippen LogP) is 2.57. The SMILES string of the molecule is C#C[C@@H](c1ccc(F)cc1)C1(OC)C(OC)=CC(=O)C=C1OC. The lowest BCUT2D eigenvalue weighted by atomic mass is 9.76. The van der Waals surface area contributed by atoms with E-state index in [0.29, 0.717) is 5.56 Å². The van der Waals surface area contributed by atoms with Gasteiger partial charge in [0.15, 0.2) is 11.4 Å². The van der Waals surface area contributed by atoms with Crippen molar-refractivity contribution in [3.8, 4) is 12.3 Å². The molecule has 23 heavy (non-hydrogen) atoms. The van der Waals surface area contributed by atoms with Crippen molar-refractivity contribution in [2.45, 2.75) is 11.5 Å². The van der Waals surface area contributed by atoms with Gasteiger partial charge in [0.1, 0.15) is 17.3 Å². The molecule has 0 unspecified atom stereocenters. The number of hydrogen-bond donors (Lipinski definition) is 0. The Morgan fingerprint density at radius 3 is 2.00 bits per heavy atom. The Kier molecular flexibility index (Phi) is 4.87. The number of hydrogen-bond acceptors (Lipinski definition) is 4. The second-order valence-electron chi connectivity index (χ2n) is 4.92. The van der Waals surface area contributed by atoms with E-state index in [1.165, 1.54) is 45.6 Å². The lowest BCUT2D eigenvalue weighted by Gasteiger charge is -2.40. The van der Waals surface area contributed by atoms with E-state index in [2.05, 4.69) is 5.92 Å². The first-order chi connectivity index (χ1) is 11.0. The number of benzene rings is 1. The minimum Gasteiger partial charge on any atom is -0.497 e. The van der Waals surface area contributed by atoms with Crippen LogP contribution < -0.4 is 0 Å². The molecule has 0 spiro atoms. The third-order valence-corrected chi connectivity index (χ3v) is 3.82. The second kappa shape index (κ2) is 6.67. The zero-order chi connectivity index (χ0) is 17.0. The van der Waals surface area contributed by atoms with E-state index < -0.39 is 11.5 Å². The molecule has 5 heteroatoms. The summed E-state index contributed by atoms with van der Waals surface area (Å²) < 4.78 is 29.6. The van der Waals surface area contributed by atoms with Crippen molar-refractivity contribution in [1.82, 2.24) is 0 Å². The summed E-state index contributed by atoms with van der Waals surface area (Å²) in [6.45, 7) is 0. The van der Waals surface area contributed by atoms with Crippen molar-refractivity contribution in [1.29, 1.82) is 0 Å². The minimum absolute atomic E-state index is 0.233. The molecule has 1 atom stereocenters. The summed E-state index contributed by atoms with van der Waals surface area (Å²) in [4.78, 5) is 11.8. The maximum Gasteiger partial charge on any atom is 0.199 e. The van der Waals surface area contributed by atoms with Crippen LogP contribution in [0.1, 0.15) is 11.5 Å². The average Bonchev–Trinajstić information content (AvgIpc) is 2.57. The van der Waals surface area contributed by atoms with Gasteiger partial charge in [-0.2, -0.15) is 0 Å².